The van der Waals surface area contributed by atoms with Gasteiger partial charge in [-0.25, -0.2) is 0 Å². The van der Waals surface area contributed by atoms with Crippen LogP contribution in [0.25, 0.3) is 11.5 Å². The lowest BCUT2D eigenvalue weighted by Crippen LogP contribution is -1.91. The Hall–Kier alpha value is -1.36. The standard InChI is InChI=1S/C14H15BrN2O2/c1-18-12-7-6-10(8-11(12)15)14-17-16-13(19-14)9-4-2-3-5-9/h6-9H,2-5H2,1H3. The first kappa shape index (κ1) is 12.7. The molecule has 19 heavy (non-hydrogen) atoms. The molecular formula is C14H15BrN2O2. The Balaban J connectivity index is 1.87. The summed E-state index contributed by atoms with van der Waals surface area (Å²) < 4.78 is 11.9. The van der Waals surface area contributed by atoms with Crippen LogP contribution in [-0.4, -0.2) is 17.3 Å². The quantitative estimate of drug-likeness (QED) is 0.851. The molecule has 0 spiro atoms. The summed E-state index contributed by atoms with van der Waals surface area (Å²) in [5.74, 6) is 2.59. The first-order valence-corrected chi connectivity index (χ1v) is 7.24. The van der Waals surface area contributed by atoms with Gasteiger partial charge < -0.3 is 9.15 Å². The highest BCUT2D eigenvalue weighted by Gasteiger charge is 2.23. The summed E-state index contributed by atoms with van der Waals surface area (Å²) in [7, 11) is 1.64. The van der Waals surface area contributed by atoms with E-state index >= 15 is 0 Å². The predicted molar refractivity (Wildman–Crippen MR) is 75.2 cm³/mol. The predicted octanol–water partition coefficient (Wildman–Crippen LogP) is 4.17. The highest BCUT2D eigenvalue weighted by atomic mass is 79.9. The monoisotopic (exact) mass is 322 g/mol. The molecule has 1 aliphatic rings. The van der Waals surface area contributed by atoms with Crippen molar-refractivity contribution in [3.8, 4) is 17.2 Å². The number of rotatable bonds is 3. The number of hydrogen-bond acceptors (Lipinski definition) is 4. The van der Waals surface area contributed by atoms with Crippen molar-refractivity contribution in [2.24, 2.45) is 0 Å². The number of halogens is 1. The van der Waals surface area contributed by atoms with Gasteiger partial charge in [-0.05, 0) is 47.0 Å². The van der Waals surface area contributed by atoms with Crippen molar-refractivity contribution < 1.29 is 9.15 Å². The summed E-state index contributed by atoms with van der Waals surface area (Å²) in [5.41, 5.74) is 0.907. The molecule has 0 amide bonds. The van der Waals surface area contributed by atoms with Gasteiger partial charge in [-0.1, -0.05) is 12.8 Å². The highest BCUT2D eigenvalue weighted by Crippen LogP contribution is 2.35. The van der Waals surface area contributed by atoms with E-state index < -0.39 is 0 Å². The van der Waals surface area contributed by atoms with E-state index in [0.29, 0.717) is 11.8 Å². The van der Waals surface area contributed by atoms with E-state index in [4.69, 9.17) is 9.15 Å². The lowest BCUT2D eigenvalue weighted by molar-refractivity contribution is 0.412. The third-order valence-corrected chi connectivity index (χ3v) is 4.16. The van der Waals surface area contributed by atoms with Crippen LogP contribution in [0.5, 0.6) is 5.75 Å². The Morgan fingerprint density at radius 3 is 2.74 bits per heavy atom. The molecule has 4 nitrogen and oxygen atoms in total. The smallest absolute Gasteiger partial charge is 0.247 e. The Morgan fingerprint density at radius 1 is 1.26 bits per heavy atom. The van der Waals surface area contributed by atoms with Crippen molar-refractivity contribution in [1.82, 2.24) is 10.2 Å². The SMILES string of the molecule is COc1ccc(-c2nnc(C3CCCC3)o2)cc1Br. The summed E-state index contributed by atoms with van der Waals surface area (Å²) in [4.78, 5) is 0. The maximum absolute atomic E-state index is 5.80. The zero-order valence-electron chi connectivity index (χ0n) is 10.7. The van der Waals surface area contributed by atoms with Crippen molar-refractivity contribution in [3.05, 3.63) is 28.6 Å². The van der Waals surface area contributed by atoms with Crippen LogP contribution in [0, 0.1) is 0 Å². The van der Waals surface area contributed by atoms with Gasteiger partial charge in [0.2, 0.25) is 11.8 Å². The number of aromatic nitrogens is 2. The fourth-order valence-electron chi connectivity index (χ4n) is 2.49. The van der Waals surface area contributed by atoms with Crippen molar-refractivity contribution in [3.63, 3.8) is 0 Å². The number of hydrogen-bond donors (Lipinski definition) is 0. The molecule has 0 saturated heterocycles. The molecule has 1 aromatic heterocycles. The molecule has 2 aromatic rings. The second-order valence-electron chi connectivity index (χ2n) is 4.78. The van der Waals surface area contributed by atoms with Gasteiger partial charge in [0.05, 0.1) is 11.6 Å². The van der Waals surface area contributed by atoms with Crippen molar-refractivity contribution >= 4 is 15.9 Å². The lowest BCUT2D eigenvalue weighted by atomic mass is 10.1. The molecule has 0 N–H and O–H groups in total. The lowest BCUT2D eigenvalue weighted by Gasteiger charge is -2.04. The molecule has 1 fully saturated rings. The molecule has 0 bridgehead atoms. The van der Waals surface area contributed by atoms with Crippen LogP contribution in [0.4, 0.5) is 0 Å². The van der Waals surface area contributed by atoms with Crippen molar-refractivity contribution in [2.45, 2.75) is 31.6 Å². The van der Waals surface area contributed by atoms with E-state index in [-0.39, 0.29) is 0 Å². The van der Waals surface area contributed by atoms with Crippen LogP contribution in [-0.2, 0) is 0 Å². The molecule has 0 atom stereocenters. The second-order valence-corrected chi connectivity index (χ2v) is 5.63. The van der Waals surface area contributed by atoms with Gasteiger partial charge in [0.1, 0.15) is 5.75 Å². The number of nitrogens with zero attached hydrogens (tertiary/aromatic N) is 2. The summed E-state index contributed by atoms with van der Waals surface area (Å²) in [6, 6.07) is 5.75. The minimum Gasteiger partial charge on any atom is -0.496 e. The minimum atomic E-state index is 0.447. The maximum atomic E-state index is 5.80. The number of benzene rings is 1. The van der Waals surface area contributed by atoms with Crippen LogP contribution in [0.2, 0.25) is 0 Å². The van der Waals surface area contributed by atoms with Gasteiger partial charge >= 0.3 is 0 Å². The molecule has 100 valence electrons. The fourth-order valence-corrected chi connectivity index (χ4v) is 3.03. The van der Waals surface area contributed by atoms with E-state index in [0.717, 1.165) is 34.5 Å². The Kier molecular flexibility index (Phi) is 3.55. The Morgan fingerprint density at radius 2 is 2.05 bits per heavy atom. The van der Waals surface area contributed by atoms with Crippen molar-refractivity contribution in [1.29, 1.82) is 0 Å². The summed E-state index contributed by atoms with van der Waals surface area (Å²) in [6.45, 7) is 0. The maximum Gasteiger partial charge on any atom is 0.247 e. The molecule has 1 heterocycles. The van der Waals surface area contributed by atoms with E-state index in [1.54, 1.807) is 7.11 Å². The van der Waals surface area contributed by atoms with E-state index in [2.05, 4.69) is 26.1 Å². The molecule has 1 saturated carbocycles. The molecule has 3 rings (SSSR count). The second kappa shape index (κ2) is 5.33. The third-order valence-electron chi connectivity index (χ3n) is 3.54. The summed E-state index contributed by atoms with van der Waals surface area (Å²) in [5, 5.41) is 8.33. The molecule has 0 aliphatic heterocycles. The molecule has 1 aliphatic carbocycles. The van der Waals surface area contributed by atoms with Crippen LogP contribution in [0.15, 0.2) is 27.1 Å². The topological polar surface area (TPSA) is 48.2 Å². The van der Waals surface area contributed by atoms with Crippen LogP contribution in [0.1, 0.15) is 37.5 Å². The fraction of sp³-hybridized carbons (Fsp3) is 0.429. The number of methoxy groups -OCH3 is 1. The first-order valence-electron chi connectivity index (χ1n) is 6.45. The van der Waals surface area contributed by atoms with E-state index in [1.807, 2.05) is 18.2 Å². The van der Waals surface area contributed by atoms with Crippen LogP contribution in [0.3, 0.4) is 0 Å². The molecule has 0 radical (unpaired) electrons. The van der Waals surface area contributed by atoms with E-state index in [1.165, 1.54) is 12.8 Å². The van der Waals surface area contributed by atoms with Gasteiger partial charge in [0.15, 0.2) is 0 Å². The normalized spacial score (nSPS) is 15.9. The first-order chi connectivity index (χ1) is 9.28. The molecular weight excluding hydrogens is 308 g/mol. The van der Waals surface area contributed by atoms with Crippen LogP contribution >= 0.6 is 15.9 Å². The van der Waals surface area contributed by atoms with Crippen LogP contribution < -0.4 is 4.74 Å². The van der Waals surface area contributed by atoms with E-state index in [9.17, 15) is 0 Å². The average Bonchev–Trinajstić information content (AvgIpc) is 3.09. The van der Waals surface area contributed by atoms with Gasteiger partial charge in [-0.3, -0.25) is 0 Å². The van der Waals surface area contributed by atoms with Gasteiger partial charge in [0, 0.05) is 11.5 Å². The third kappa shape index (κ3) is 2.52. The van der Waals surface area contributed by atoms with Crippen molar-refractivity contribution in [2.75, 3.05) is 7.11 Å². The summed E-state index contributed by atoms with van der Waals surface area (Å²) in [6.07, 6.45) is 4.84. The molecule has 0 unspecified atom stereocenters. The minimum absolute atomic E-state index is 0.447. The zero-order valence-corrected chi connectivity index (χ0v) is 12.3. The Bertz CT molecular complexity index is 577. The molecule has 1 aromatic carbocycles. The number of ether oxygens (including phenoxy) is 1. The summed E-state index contributed by atoms with van der Waals surface area (Å²) >= 11 is 3.46. The Labute approximate surface area is 120 Å². The van der Waals surface area contributed by atoms with Gasteiger partial charge in [0.25, 0.3) is 0 Å². The van der Waals surface area contributed by atoms with Gasteiger partial charge in [-0.15, -0.1) is 10.2 Å². The largest absolute Gasteiger partial charge is 0.496 e. The molecule has 5 heteroatoms. The average molecular weight is 323 g/mol. The zero-order chi connectivity index (χ0) is 13.2. The van der Waals surface area contributed by atoms with Gasteiger partial charge in [-0.2, -0.15) is 0 Å². The highest BCUT2D eigenvalue weighted by molar-refractivity contribution is 9.10.